The highest BCUT2D eigenvalue weighted by molar-refractivity contribution is 6.02. The predicted molar refractivity (Wildman–Crippen MR) is 133 cm³/mol. The molecular formula is C29H38O8. The summed E-state index contributed by atoms with van der Waals surface area (Å²) in [6.07, 6.45) is 9.01. The number of allylic oxidation sites excluding steroid dienone is 4. The lowest BCUT2D eigenvalue weighted by Crippen LogP contribution is -2.62. The van der Waals surface area contributed by atoms with Crippen LogP contribution in [0.15, 0.2) is 23.8 Å². The van der Waals surface area contributed by atoms with E-state index in [0.717, 1.165) is 24.8 Å². The van der Waals surface area contributed by atoms with E-state index in [1.165, 1.54) is 6.92 Å². The maximum atomic E-state index is 13.9. The Kier molecular flexibility index (Phi) is 7.50. The number of ether oxygens (including phenoxy) is 3. The summed E-state index contributed by atoms with van der Waals surface area (Å²) in [7, 11) is 0. The van der Waals surface area contributed by atoms with Gasteiger partial charge in [-0.15, -0.1) is 0 Å². The molecule has 0 spiro atoms. The molecule has 8 heteroatoms. The fourth-order valence-electron chi connectivity index (χ4n) is 7.66. The topological polar surface area (TPSA) is 113 Å². The van der Waals surface area contributed by atoms with Gasteiger partial charge in [-0.05, 0) is 56.1 Å². The Morgan fingerprint density at radius 2 is 1.84 bits per heavy atom. The number of carbonyl (C=O) groups excluding carboxylic acids is 5. The SMILES string of the molecule is CCCCCOC(=O)O[C@]1(C(=O)COC(C)=O)CC[C@H]2[C@@H]3CCC4=CC(=O)C=C[C@]4(C)[C@H]3C(=O)C[C@@]21C. The number of fused-ring (bicyclic) bond motifs is 5. The van der Waals surface area contributed by atoms with Gasteiger partial charge in [0, 0.05) is 30.1 Å². The van der Waals surface area contributed by atoms with Crippen LogP contribution in [-0.4, -0.2) is 48.3 Å². The zero-order valence-electron chi connectivity index (χ0n) is 22.3. The standard InChI is InChI=1S/C29H38O8/c1-5-6-7-14-35-26(34)37-29(24(33)17-36-18(2)30)13-11-22-21-9-8-19-15-20(31)10-12-27(19,3)25(21)23(32)16-28(22,29)4/h10,12,15,21-22,25H,5-9,11,13-14,16-17H2,1-4H3/t21-,22-,25+,27-,28-,29-/m0/s1. The minimum absolute atomic E-state index is 0.00215. The average molecular weight is 515 g/mol. The highest BCUT2D eigenvalue weighted by Gasteiger charge is 2.70. The Labute approximate surface area is 218 Å². The first-order valence-electron chi connectivity index (χ1n) is 13.5. The number of Topliss-reactive ketones (excluding diaryl/α,β-unsaturated/α-hetero) is 2. The quantitative estimate of drug-likeness (QED) is 0.339. The van der Waals surface area contributed by atoms with Crippen LogP contribution in [0.3, 0.4) is 0 Å². The third kappa shape index (κ3) is 4.57. The summed E-state index contributed by atoms with van der Waals surface area (Å²) in [5, 5.41) is 0. The molecule has 6 atom stereocenters. The van der Waals surface area contributed by atoms with E-state index in [0.29, 0.717) is 19.3 Å². The van der Waals surface area contributed by atoms with Crippen molar-refractivity contribution >= 4 is 29.5 Å². The van der Waals surface area contributed by atoms with Crippen molar-refractivity contribution in [1.82, 2.24) is 0 Å². The molecule has 0 heterocycles. The number of carbonyl (C=O) groups is 5. The Bertz CT molecular complexity index is 1060. The lowest BCUT2D eigenvalue weighted by Gasteiger charge is -2.57. The van der Waals surface area contributed by atoms with E-state index in [1.54, 1.807) is 12.2 Å². The van der Waals surface area contributed by atoms with Crippen LogP contribution in [0.25, 0.3) is 0 Å². The molecule has 0 aromatic heterocycles. The minimum Gasteiger partial charge on any atom is -0.458 e. The zero-order chi connectivity index (χ0) is 27.0. The summed E-state index contributed by atoms with van der Waals surface area (Å²) in [6, 6.07) is 0. The lowest BCUT2D eigenvalue weighted by molar-refractivity contribution is -0.176. The summed E-state index contributed by atoms with van der Waals surface area (Å²) in [5.41, 5.74) is -2.14. The van der Waals surface area contributed by atoms with Gasteiger partial charge in [-0.1, -0.05) is 45.3 Å². The van der Waals surface area contributed by atoms with Crippen LogP contribution in [-0.2, 0) is 33.4 Å². The average Bonchev–Trinajstić information content (AvgIpc) is 3.12. The molecule has 0 saturated heterocycles. The van der Waals surface area contributed by atoms with Gasteiger partial charge in [0.05, 0.1) is 6.61 Å². The monoisotopic (exact) mass is 514 g/mol. The maximum absolute atomic E-state index is 13.9. The van der Waals surface area contributed by atoms with Crippen molar-refractivity contribution in [3.8, 4) is 0 Å². The van der Waals surface area contributed by atoms with Crippen LogP contribution in [0.4, 0.5) is 4.79 Å². The minimum atomic E-state index is -1.62. The Balaban J connectivity index is 1.66. The van der Waals surface area contributed by atoms with E-state index in [1.807, 2.05) is 26.8 Å². The number of hydrogen-bond donors (Lipinski definition) is 0. The van der Waals surface area contributed by atoms with E-state index in [2.05, 4.69) is 0 Å². The number of hydrogen-bond acceptors (Lipinski definition) is 8. The fraction of sp³-hybridized carbons (Fsp3) is 0.690. The summed E-state index contributed by atoms with van der Waals surface area (Å²) < 4.78 is 16.2. The summed E-state index contributed by atoms with van der Waals surface area (Å²) in [4.78, 5) is 63.9. The van der Waals surface area contributed by atoms with Gasteiger partial charge in [0.2, 0.25) is 5.78 Å². The molecule has 0 bridgehead atoms. The van der Waals surface area contributed by atoms with Crippen LogP contribution in [0, 0.1) is 28.6 Å². The van der Waals surface area contributed by atoms with Gasteiger partial charge >= 0.3 is 12.1 Å². The molecule has 0 radical (unpaired) electrons. The van der Waals surface area contributed by atoms with Gasteiger partial charge in [0.25, 0.3) is 0 Å². The van der Waals surface area contributed by atoms with Crippen molar-refractivity contribution in [2.45, 2.75) is 84.7 Å². The van der Waals surface area contributed by atoms with Crippen LogP contribution in [0.5, 0.6) is 0 Å². The van der Waals surface area contributed by atoms with Crippen LogP contribution in [0.2, 0.25) is 0 Å². The van der Waals surface area contributed by atoms with Crippen molar-refractivity contribution in [2.75, 3.05) is 13.2 Å². The van der Waals surface area contributed by atoms with E-state index >= 15 is 0 Å². The van der Waals surface area contributed by atoms with E-state index < -0.39 is 40.9 Å². The number of rotatable bonds is 8. The van der Waals surface area contributed by atoms with Crippen LogP contribution < -0.4 is 0 Å². The zero-order valence-corrected chi connectivity index (χ0v) is 22.3. The van der Waals surface area contributed by atoms with E-state index in [-0.39, 0.29) is 48.8 Å². The van der Waals surface area contributed by atoms with Gasteiger partial charge < -0.3 is 14.2 Å². The van der Waals surface area contributed by atoms with Gasteiger partial charge in [0.1, 0.15) is 5.78 Å². The van der Waals surface area contributed by atoms with Crippen molar-refractivity contribution in [3.05, 3.63) is 23.8 Å². The third-order valence-corrected chi connectivity index (χ3v) is 9.46. The Morgan fingerprint density at radius 1 is 1.08 bits per heavy atom. The second kappa shape index (κ2) is 10.2. The molecule has 202 valence electrons. The first kappa shape index (κ1) is 27.3. The van der Waals surface area contributed by atoms with Gasteiger partial charge in [-0.2, -0.15) is 0 Å². The predicted octanol–water partition coefficient (Wildman–Crippen LogP) is 4.69. The smallest absolute Gasteiger partial charge is 0.458 e. The molecule has 8 nitrogen and oxygen atoms in total. The van der Waals surface area contributed by atoms with E-state index in [4.69, 9.17) is 14.2 Å². The molecule has 3 saturated carbocycles. The van der Waals surface area contributed by atoms with Crippen molar-refractivity contribution in [2.24, 2.45) is 28.6 Å². The van der Waals surface area contributed by atoms with Crippen LogP contribution >= 0.6 is 0 Å². The molecule has 4 rings (SSSR count). The molecular weight excluding hydrogens is 476 g/mol. The summed E-state index contributed by atoms with van der Waals surface area (Å²) in [6.45, 7) is 6.80. The molecule has 0 aromatic carbocycles. The normalized spacial score (nSPS) is 36.1. The van der Waals surface area contributed by atoms with Crippen LogP contribution in [0.1, 0.15) is 79.1 Å². The van der Waals surface area contributed by atoms with Crippen molar-refractivity contribution < 1.29 is 38.2 Å². The molecule has 37 heavy (non-hydrogen) atoms. The van der Waals surface area contributed by atoms with Crippen molar-refractivity contribution in [1.29, 1.82) is 0 Å². The highest BCUT2D eigenvalue weighted by atomic mass is 16.7. The first-order valence-corrected chi connectivity index (χ1v) is 13.5. The number of ketones is 3. The maximum Gasteiger partial charge on any atom is 0.509 e. The molecule has 0 unspecified atom stereocenters. The second-order valence-corrected chi connectivity index (χ2v) is 11.5. The molecule has 0 amide bonds. The molecule has 3 fully saturated rings. The molecule has 4 aliphatic carbocycles. The Morgan fingerprint density at radius 3 is 2.54 bits per heavy atom. The second-order valence-electron chi connectivity index (χ2n) is 11.5. The first-order chi connectivity index (χ1) is 17.5. The lowest BCUT2D eigenvalue weighted by atomic mass is 9.46. The van der Waals surface area contributed by atoms with Gasteiger partial charge in [-0.25, -0.2) is 4.79 Å². The number of unbranched alkanes of at least 4 members (excludes halogenated alkanes) is 2. The van der Waals surface area contributed by atoms with E-state index in [9.17, 15) is 24.0 Å². The van der Waals surface area contributed by atoms with Gasteiger partial charge in [-0.3, -0.25) is 19.2 Å². The number of esters is 1. The van der Waals surface area contributed by atoms with Gasteiger partial charge in [0.15, 0.2) is 18.0 Å². The Hall–Kier alpha value is -2.77. The largest absolute Gasteiger partial charge is 0.509 e. The molecule has 4 aliphatic rings. The molecule has 0 aliphatic heterocycles. The highest BCUT2D eigenvalue weighted by Crippen LogP contribution is 2.67. The van der Waals surface area contributed by atoms with Crippen molar-refractivity contribution in [3.63, 3.8) is 0 Å². The summed E-state index contributed by atoms with van der Waals surface area (Å²) in [5.74, 6) is -1.58. The third-order valence-electron chi connectivity index (χ3n) is 9.46. The summed E-state index contributed by atoms with van der Waals surface area (Å²) >= 11 is 0. The molecule has 0 N–H and O–H groups in total. The fourth-order valence-corrected chi connectivity index (χ4v) is 7.66. The molecule has 0 aromatic rings.